The minimum atomic E-state index is -1.41. The zero-order chi connectivity index (χ0) is 24.8. The number of hydrogen-bond donors (Lipinski definition) is 4. The smallest absolute Gasteiger partial charge is 0.310 e. The summed E-state index contributed by atoms with van der Waals surface area (Å²) in [6.45, 7) is -2.51. The molecule has 0 atom stereocenters. The molecule has 0 aliphatic carbocycles. The largest absolute Gasteiger partial charge is 0.481 e. The van der Waals surface area contributed by atoms with Gasteiger partial charge in [-0.2, -0.15) is 0 Å². The standard InChI is InChI=1S/C18H24N2O12/c21-11(3-15(25)26)7-19(8-12(22)4-16(27)28)1-2-20(9-13(23)5-17(29)30)10-14(24)6-18(31)32/h1-10H2,(H,25,26)(H,27,28)(H,29,30)(H,31,32). The predicted molar refractivity (Wildman–Crippen MR) is 102 cm³/mol. The van der Waals surface area contributed by atoms with E-state index >= 15 is 0 Å². The van der Waals surface area contributed by atoms with Gasteiger partial charge >= 0.3 is 23.9 Å². The Morgan fingerprint density at radius 2 is 0.594 bits per heavy atom. The number of hydrogen-bond acceptors (Lipinski definition) is 10. The van der Waals surface area contributed by atoms with E-state index in [1.54, 1.807) is 0 Å². The molecular formula is C18H24N2O12. The molecule has 14 nitrogen and oxygen atoms in total. The van der Waals surface area contributed by atoms with E-state index in [2.05, 4.69) is 0 Å². The molecule has 0 fully saturated rings. The Morgan fingerprint density at radius 3 is 0.750 bits per heavy atom. The number of aliphatic carboxylic acids is 4. The topological polar surface area (TPSA) is 224 Å². The maximum atomic E-state index is 11.8. The van der Waals surface area contributed by atoms with Crippen LogP contribution in [-0.2, 0) is 38.4 Å². The minimum Gasteiger partial charge on any atom is -0.481 e. The molecule has 32 heavy (non-hydrogen) atoms. The molecule has 0 bridgehead atoms. The number of rotatable bonds is 19. The van der Waals surface area contributed by atoms with Gasteiger partial charge in [-0.05, 0) is 0 Å². The van der Waals surface area contributed by atoms with Gasteiger partial charge in [-0.3, -0.25) is 48.2 Å². The molecule has 0 heterocycles. The summed E-state index contributed by atoms with van der Waals surface area (Å²) in [7, 11) is 0. The van der Waals surface area contributed by atoms with Gasteiger partial charge in [-0.1, -0.05) is 0 Å². The second kappa shape index (κ2) is 14.5. The van der Waals surface area contributed by atoms with Crippen molar-refractivity contribution >= 4 is 47.0 Å². The third kappa shape index (κ3) is 15.3. The van der Waals surface area contributed by atoms with E-state index in [4.69, 9.17) is 20.4 Å². The van der Waals surface area contributed by atoms with Crippen molar-refractivity contribution in [2.45, 2.75) is 25.7 Å². The Hall–Kier alpha value is -3.52. The second-order valence-electron chi connectivity index (χ2n) is 6.86. The minimum absolute atomic E-state index is 0.197. The van der Waals surface area contributed by atoms with Gasteiger partial charge in [-0.15, -0.1) is 0 Å². The third-order valence-electron chi connectivity index (χ3n) is 3.73. The molecule has 0 aliphatic heterocycles. The maximum Gasteiger partial charge on any atom is 0.310 e. The Bertz CT molecular complexity index is 652. The number of Topliss-reactive ketones (excluding diaryl/α,β-unsaturated/α-hetero) is 4. The molecule has 0 aromatic rings. The number of carbonyl (C=O) groups is 8. The fourth-order valence-electron chi connectivity index (χ4n) is 2.61. The molecule has 0 aliphatic rings. The summed E-state index contributed by atoms with van der Waals surface area (Å²) >= 11 is 0. The molecule has 0 rings (SSSR count). The van der Waals surface area contributed by atoms with E-state index in [0.717, 1.165) is 9.80 Å². The lowest BCUT2D eigenvalue weighted by Gasteiger charge is -2.26. The summed E-state index contributed by atoms with van der Waals surface area (Å²) in [5.41, 5.74) is 0. The van der Waals surface area contributed by atoms with Crippen molar-refractivity contribution < 1.29 is 58.8 Å². The van der Waals surface area contributed by atoms with Crippen molar-refractivity contribution in [2.75, 3.05) is 39.3 Å². The highest BCUT2D eigenvalue weighted by Crippen LogP contribution is 2.01. The van der Waals surface area contributed by atoms with Crippen molar-refractivity contribution in [3.8, 4) is 0 Å². The number of nitrogens with zero attached hydrogens (tertiary/aromatic N) is 2. The highest BCUT2D eigenvalue weighted by molar-refractivity contribution is 5.98. The van der Waals surface area contributed by atoms with E-state index in [1.165, 1.54) is 0 Å². The molecule has 0 aromatic carbocycles. The summed E-state index contributed by atoms with van der Waals surface area (Å²) in [5, 5.41) is 34.8. The summed E-state index contributed by atoms with van der Waals surface area (Å²) in [5.74, 6) is -8.77. The van der Waals surface area contributed by atoms with Gasteiger partial charge in [0.1, 0.15) is 25.7 Å². The van der Waals surface area contributed by atoms with Gasteiger partial charge in [0.05, 0.1) is 26.2 Å². The van der Waals surface area contributed by atoms with E-state index in [9.17, 15) is 38.4 Å². The lowest BCUT2D eigenvalue weighted by molar-refractivity contribution is -0.143. The molecule has 0 radical (unpaired) electrons. The van der Waals surface area contributed by atoms with Gasteiger partial charge in [0.25, 0.3) is 0 Å². The van der Waals surface area contributed by atoms with Gasteiger partial charge in [0.15, 0.2) is 23.1 Å². The molecule has 0 saturated heterocycles. The monoisotopic (exact) mass is 460 g/mol. The van der Waals surface area contributed by atoms with Crippen LogP contribution in [0.3, 0.4) is 0 Å². The average molecular weight is 460 g/mol. The van der Waals surface area contributed by atoms with E-state index < -0.39 is 98.9 Å². The van der Waals surface area contributed by atoms with Crippen molar-refractivity contribution in [2.24, 2.45) is 0 Å². The van der Waals surface area contributed by atoms with Crippen LogP contribution in [0, 0.1) is 0 Å². The van der Waals surface area contributed by atoms with Crippen molar-refractivity contribution in [1.29, 1.82) is 0 Å². The summed E-state index contributed by atoms with van der Waals surface area (Å²) in [6.07, 6.45) is -3.38. The molecule has 4 N–H and O–H groups in total. The zero-order valence-corrected chi connectivity index (χ0v) is 17.0. The molecule has 0 spiro atoms. The number of ketones is 4. The summed E-state index contributed by atoms with van der Waals surface area (Å²) in [4.78, 5) is 92.2. The van der Waals surface area contributed by atoms with Crippen LogP contribution in [0.1, 0.15) is 25.7 Å². The van der Waals surface area contributed by atoms with Crippen LogP contribution in [-0.4, -0.2) is 117 Å². The van der Waals surface area contributed by atoms with Crippen molar-refractivity contribution in [3.05, 3.63) is 0 Å². The van der Waals surface area contributed by atoms with E-state index in [1.807, 2.05) is 0 Å². The lowest BCUT2D eigenvalue weighted by Crippen LogP contribution is -2.44. The van der Waals surface area contributed by atoms with Gasteiger partial charge in [0.2, 0.25) is 0 Å². The number of carbonyl (C=O) groups excluding carboxylic acids is 4. The first-order valence-electron chi connectivity index (χ1n) is 9.17. The molecule has 0 amide bonds. The maximum absolute atomic E-state index is 11.8. The first kappa shape index (κ1) is 28.5. The average Bonchev–Trinajstić information content (AvgIpc) is 2.56. The SMILES string of the molecule is O=C(O)CC(=O)CN(CCN(CC(=O)CC(=O)O)CC(=O)CC(=O)O)CC(=O)CC(=O)O. The predicted octanol–water partition coefficient (Wildman–Crippen LogP) is -2.23. The highest BCUT2D eigenvalue weighted by Gasteiger charge is 2.22. The Morgan fingerprint density at radius 1 is 0.406 bits per heavy atom. The van der Waals surface area contributed by atoms with Crippen LogP contribution in [0.4, 0.5) is 0 Å². The normalized spacial score (nSPS) is 10.7. The highest BCUT2D eigenvalue weighted by atomic mass is 16.4. The van der Waals surface area contributed by atoms with Crippen LogP contribution < -0.4 is 0 Å². The molecular weight excluding hydrogens is 436 g/mol. The van der Waals surface area contributed by atoms with Crippen molar-refractivity contribution in [1.82, 2.24) is 9.80 Å². The fourth-order valence-corrected chi connectivity index (χ4v) is 2.61. The Balaban J connectivity index is 5.30. The quantitative estimate of drug-likeness (QED) is 0.150. The fraction of sp³-hybridized carbons (Fsp3) is 0.556. The van der Waals surface area contributed by atoms with E-state index in [0.29, 0.717) is 0 Å². The lowest BCUT2D eigenvalue weighted by atomic mass is 10.2. The van der Waals surface area contributed by atoms with Gasteiger partial charge < -0.3 is 20.4 Å². The van der Waals surface area contributed by atoms with E-state index in [-0.39, 0.29) is 13.1 Å². The number of carboxylic acid groups (broad SMARTS) is 4. The molecule has 0 aromatic heterocycles. The molecule has 0 unspecified atom stereocenters. The second-order valence-corrected chi connectivity index (χ2v) is 6.86. The summed E-state index contributed by atoms with van der Waals surface area (Å²) < 4.78 is 0. The number of carboxylic acids is 4. The zero-order valence-electron chi connectivity index (χ0n) is 17.0. The Kier molecular flexibility index (Phi) is 12.9. The Labute approximate surface area is 181 Å². The van der Waals surface area contributed by atoms with Crippen LogP contribution >= 0.6 is 0 Å². The van der Waals surface area contributed by atoms with Crippen LogP contribution in [0.15, 0.2) is 0 Å². The van der Waals surface area contributed by atoms with Crippen LogP contribution in [0.2, 0.25) is 0 Å². The molecule has 0 saturated carbocycles. The van der Waals surface area contributed by atoms with Gasteiger partial charge in [-0.25, -0.2) is 0 Å². The first-order valence-corrected chi connectivity index (χ1v) is 9.17. The molecule has 14 heteroatoms. The van der Waals surface area contributed by atoms with Crippen LogP contribution in [0.5, 0.6) is 0 Å². The first-order chi connectivity index (χ1) is 14.8. The third-order valence-corrected chi connectivity index (χ3v) is 3.73. The van der Waals surface area contributed by atoms with Crippen LogP contribution in [0.25, 0.3) is 0 Å². The molecule has 178 valence electrons. The van der Waals surface area contributed by atoms with Crippen molar-refractivity contribution in [3.63, 3.8) is 0 Å². The van der Waals surface area contributed by atoms with Gasteiger partial charge in [0, 0.05) is 13.1 Å². The summed E-state index contributed by atoms with van der Waals surface area (Å²) in [6, 6.07) is 0.